The topological polar surface area (TPSA) is 67.4 Å². The minimum Gasteiger partial charge on any atom is -0.481 e. The fourth-order valence-electron chi connectivity index (χ4n) is 2.99. The van der Waals surface area contributed by atoms with Crippen molar-refractivity contribution >= 4 is 17.5 Å². The minimum absolute atomic E-state index is 0.0995. The van der Waals surface area contributed by atoms with Crippen LogP contribution in [0.2, 0.25) is 0 Å². The van der Waals surface area contributed by atoms with Crippen molar-refractivity contribution in [1.29, 1.82) is 0 Å². The number of nitrogens with one attached hydrogen (secondary N) is 2. The number of hydrogen-bond acceptors (Lipinski definition) is 3. The average molecular weight is 402 g/mol. The summed E-state index contributed by atoms with van der Waals surface area (Å²) in [6, 6.07) is 24.0. The number of carbonyl (C=O) groups is 2. The lowest BCUT2D eigenvalue weighted by Gasteiger charge is -2.16. The Labute approximate surface area is 177 Å². The average Bonchev–Trinajstić information content (AvgIpc) is 2.76. The van der Waals surface area contributed by atoms with E-state index in [0.717, 1.165) is 11.1 Å². The highest BCUT2D eigenvalue weighted by Gasteiger charge is 2.16. The molecule has 0 aliphatic carbocycles. The molecule has 0 aliphatic heterocycles. The van der Waals surface area contributed by atoms with Crippen molar-refractivity contribution in [2.75, 3.05) is 5.32 Å². The third-order valence-electron chi connectivity index (χ3n) is 4.83. The summed E-state index contributed by atoms with van der Waals surface area (Å²) >= 11 is 0. The van der Waals surface area contributed by atoms with Crippen LogP contribution in [0.1, 0.15) is 41.4 Å². The number of ether oxygens (including phenoxy) is 1. The number of anilines is 1. The molecule has 0 radical (unpaired) electrons. The zero-order valence-electron chi connectivity index (χ0n) is 17.4. The van der Waals surface area contributed by atoms with Crippen LogP contribution in [0.4, 0.5) is 5.69 Å². The molecular weight excluding hydrogens is 376 g/mol. The zero-order chi connectivity index (χ0) is 21.5. The molecule has 5 nitrogen and oxygen atoms in total. The predicted molar refractivity (Wildman–Crippen MR) is 119 cm³/mol. The van der Waals surface area contributed by atoms with Gasteiger partial charge < -0.3 is 15.4 Å². The lowest BCUT2D eigenvalue weighted by Crippen LogP contribution is -2.30. The van der Waals surface area contributed by atoms with Gasteiger partial charge in [-0.3, -0.25) is 9.59 Å². The van der Waals surface area contributed by atoms with Crippen LogP contribution in [0.25, 0.3) is 0 Å². The maximum Gasteiger partial charge on any atom is 0.265 e. The Hall–Kier alpha value is -3.60. The number of benzene rings is 3. The molecule has 0 saturated carbocycles. The molecule has 0 fully saturated rings. The molecule has 154 valence electrons. The number of amides is 2. The summed E-state index contributed by atoms with van der Waals surface area (Å²) in [5.41, 5.74) is 3.14. The Morgan fingerprint density at radius 1 is 0.833 bits per heavy atom. The first kappa shape index (κ1) is 21.1. The standard InChI is InChI=1S/C25H26N2O3/c1-17-9-7-8-12-23(17)30-19(3)24(28)27-22-15-13-21(14-16-22)25(29)26-18(2)20-10-5-4-6-11-20/h4-16,18-19H,1-3H3,(H,26,29)(H,27,28). The van der Waals surface area contributed by atoms with Crippen LogP contribution in [0.3, 0.4) is 0 Å². The molecule has 3 rings (SSSR count). The fourth-order valence-corrected chi connectivity index (χ4v) is 2.99. The number of carbonyl (C=O) groups excluding carboxylic acids is 2. The van der Waals surface area contributed by atoms with Gasteiger partial charge in [-0.15, -0.1) is 0 Å². The molecule has 2 atom stereocenters. The van der Waals surface area contributed by atoms with Gasteiger partial charge in [0.2, 0.25) is 0 Å². The summed E-state index contributed by atoms with van der Waals surface area (Å²) in [5.74, 6) is 0.258. The second-order valence-corrected chi connectivity index (χ2v) is 7.20. The largest absolute Gasteiger partial charge is 0.481 e. The van der Waals surface area contributed by atoms with Crippen molar-refractivity contribution < 1.29 is 14.3 Å². The molecule has 3 aromatic rings. The second-order valence-electron chi connectivity index (χ2n) is 7.20. The third kappa shape index (κ3) is 5.47. The van der Waals surface area contributed by atoms with E-state index in [1.165, 1.54) is 0 Å². The van der Waals surface area contributed by atoms with Crippen LogP contribution in [0.15, 0.2) is 78.9 Å². The SMILES string of the molecule is Cc1ccccc1OC(C)C(=O)Nc1ccc(C(=O)NC(C)c2ccccc2)cc1. The van der Waals surface area contributed by atoms with Crippen LogP contribution in [0, 0.1) is 6.92 Å². The molecule has 2 N–H and O–H groups in total. The Balaban J connectivity index is 1.56. The van der Waals surface area contributed by atoms with Gasteiger partial charge in [-0.05, 0) is 62.2 Å². The molecule has 0 spiro atoms. The van der Waals surface area contributed by atoms with Crippen LogP contribution >= 0.6 is 0 Å². The van der Waals surface area contributed by atoms with Gasteiger partial charge in [0.05, 0.1) is 6.04 Å². The first-order valence-electron chi connectivity index (χ1n) is 9.93. The van der Waals surface area contributed by atoms with Gasteiger partial charge in [0, 0.05) is 11.3 Å². The zero-order valence-corrected chi connectivity index (χ0v) is 17.4. The van der Waals surface area contributed by atoms with E-state index in [1.54, 1.807) is 31.2 Å². The van der Waals surface area contributed by atoms with Gasteiger partial charge in [-0.25, -0.2) is 0 Å². The van der Waals surface area contributed by atoms with Crippen LogP contribution in [-0.4, -0.2) is 17.9 Å². The summed E-state index contributed by atoms with van der Waals surface area (Å²) in [5, 5.41) is 5.80. The fraction of sp³-hybridized carbons (Fsp3) is 0.200. The molecule has 0 aromatic heterocycles. The van der Waals surface area contributed by atoms with Crippen molar-refractivity contribution in [3.8, 4) is 5.75 Å². The monoisotopic (exact) mass is 402 g/mol. The summed E-state index contributed by atoms with van der Waals surface area (Å²) < 4.78 is 5.75. The quantitative estimate of drug-likeness (QED) is 0.591. The lowest BCUT2D eigenvalue weighted by atomic mass is 10.1. The van der Waals surface area contributed by atoms with E-state index in [9.17, 15) is 9.59 Å². The van der Waals surface area contributed by atoms with Gasteiger partial charge >= 0.3 is 0 Å². The molecule has 3 aromatic carbocycles. The van der Waals surface area contributed by atoms with Gasteiger partial charge in [0.1, 0.15) is 5.75 Å². The van der Waals surface area contributed by atoms with Gasteiger partial charge in [0.15, 0.2) is 6.10 Å². The highest BCUT2D eigenvalue weighted by atomic mass is 16.5. The Morgan fingerprint density at radius 2 is 1.47 bits per heavy atom. The Morgan fingerprint density at radius 3 is 2.13 bits per heavy atom. The summed E-state index contributed by atoms with van der Waals surface area (Å²) in [6.07, 6.45) is -0.652. The number of aryl methyl sites for hydroxylation is 1. The van der Waals surface area contributed by atoms with Crippen molar-refractivity contribution in [1.82, 2.24) is 5.32 Å². The maximum atomic E-state index is 12.5. The molecule has 2 amide bonds. The van der Waals surface area contributed by atoms with E-state index in [4.69, 9.17) is 4.74 Å². The first-order chi connectivity index (χ1) is 14.4. The Kier molecular flexibility index (Phi) is 6.86. The molecule has 0 heterocycles. The number of para-hydroxylation sites is 1. The van der Waals surface area contributed by atoms with E-state index in [2.05, 4.69) is 10.6 Å². The molecule has 0 bridgehead atoms. The Bertz CT molecular complexity index is 1000. The van der Waals surface area contributed by atoms with Crippen LogP contribution in [0.5, 0.6) is 5.75 Å². The van der Waals surface area contributed by atoms with E-state index in [-0.39, 0.29) is 17.9 Å². The molecule has 0 aliphatic rings. The van der Waals surface area contributed by atoms with E-state index in [1.807, 2.05) is 68.4 Å². The normalized spacial score (nSPS) is 12.5. The number of rotatable bonds is 7. The van der Waals surface area contributed by atoms with E-state index < -0.39 is 6.10 Å². The predicted octanol–water partition coefficient (Wildman–Crippen LogP) is 4.89. The van der Waals surface area contributed by atoms with Gasteiger partial charge in [-0.2, -0.15) is 0 Å². The highest BCUT2D eigenvalue weighted by molar-refractivity contribution is 5.97. The first-order valence-corrected chi connectivity index (χ1v) is 9.93. The number of hydrogen-bond donors (Lipinski definition) is 2. The van der Waals surface area contributed by atoms with Crippen molar-refractivity contribution in [3.63, 3.8) is 0 Å². The molecule has 0 saturated heterocycles. The highest BCUT2D eigenvalue weighted by Crippen LogP contribution is 2.19. The van der Waals surface area contributed by atoms with Crippen molar-refractivity contribution in [3.05, 3.63) is 95.6 Å². The molecule has 30 heavy (non-hydrogen) atoms. The van der Waals surface area contributed by atoms with Gasteiger partial charge in [0.25, 0.3) is 11.8 Å². The smallest absolute Gasteiger partial charge is 0.265 e. The second kappa shape index (κ2) is 9.74. The third-order valence-corrected chi connectivity index (χ3v) is 4.83. The maximum absolute atomic E-state index is 12.5. The lowest BCUT2D eigenvalue weighted by molar-refractivity contribution is -0.122. The summed E-state index contributed by atoms with van der Waals surface area (Å²) in [4.78, 5) is 24.9. The van der Waals surface area contributed by atoms with E-state index >= 15 is 0 Å². The van der Waals surface area contributed by atoms with Crippen molar-refractivity contribution in [2.45, 2.75) is 32.9 Å². The van der Waals surface area contributed by atoms with E-state index in [0.29, 0.717) is 17.0 Å². The molecule has 5 heteroatoms. The summed E-state index contributed by atoms with van der Waals surface area (Å²) in [6.45, 7) is 5.58. The molecule has 2 unspecified atom stereocenters. The summed E-state index contributed by atoms with van der Waals surface area (Å²) in [7, 11) is 0. The molecular formula is C25H26N2O3. The van der Waals surface area contributed by atoms with Gasteiger partial charge in [-0.1, -0.05) is 48.5 Å². The van der Waals surface area contributed by atoms with Crippen LogP contribution in [-0.2, 0) is 4.79 Å². The minimum atomic E-state index is -0.652. The van der Waals surface area contributed by atoms with Crippen molar-refractivity contribution in [2.24, 2.45) is 0 Å². The van der Waals surface area contributed by atoms with Crippen LogP contribution < -0.4 is 15.4 Å².